The van der Waals surface area contributed by atoms with Gasteiger partial charge in [0.15, 0.2) is 0 Å². The summed E-state index contributed by atoms with van der Waals surface area (Å²) in [6.45, 7) is 1.76. The number of hydrogen-bond donors (Lipinski definition) is 2. The first-order valence-corrected chi connectivity index (χ1v) is 7.19. The number of benzene rings is 1. The molecular formula is C17H21NO3. The average molecular weight is 287 g/mol. The van der Waals surface area contributed by atoms with Gasteiger partial charge in [-0.3, -0.25) is 0 Å². The van der Waals surface area contributed by atoms with E-state index in [1.165, 1.54) is 16.7 Å². The third-order valence-corrected chi connectivity index (χ3v) is 4.30. The van der Waals surface area contributed by atoms with Gasteiger partial charge in [-0.05, 0) is 48.0 Å². The number of rotatable bonds is 2. The number of piperidine rings is 1. The van der Waals surface area contributed by atoms with E-state index in [2.05, 4.69) is 11.9 Å². The zero-order valence-electron chi connectivity index (χ0n) is 12.4. The van der Waals surface area contributed by atoms with Crippen LogP contribution in [0.3, 0.4) is 0 Å². The maximum Gasteiger partial charge on any atom is 0.115 e. The smallest absolute Gasteiger partial charge is 0.115 e. The van der Waals surface area contributed by atoms with Crippen molar-refractivity contribution in [2.24, 2.45) is 0 Å². The monoisotopic (exact) mass is 287 g/mol. The van der Waals surface area contributed by atoms with Crippen LogP contribution in [0.4, 0.5) is 0 Å². The van der Waals surface area contributed by atoms with Gasteiger partial charge in [0.25, 0.3) is 0 Å². The van der Waals surface area contributed by atoms with E-state index in [-0.39, 0.29) is 17.8 Å². The predicted molar refractivity (Wildman–Crippen MR) is 81.3 cm³/mol. The van der Waals surface area contributed by atoms with E-state index in [4.69, 9.17) is 4.74 Å². The van der Waals surface area contributed by atoms with Crippen molar-refractivity contribution in [1.82, 2.24) is 4.90 Å². The minimum Gasteiger partial charge on any atom is -0.508 e. The van der Waals surface area contributed by atoms with Crippen molar-refractivity contribution in [1.29, 1.82) is 0 Å². The summed E-state index contributed by atoms with van der Waals surface area (Å²) >= 11 is 0. The minimum atomic E-state index is -0.583. The second kappa shape index (κ2) is 5.64. The van der Waals surface area contributed by atoms with Crippen LogP contribution in [0.5, 0.6) is 5.75 Å². The van der Waals surface area contributed by atoms with Gasteiger partial charge in [-0.15, -0.1) is 0 Å². The van der Waals surface area contributed by atoms with Crippen LogP contribution in [-0.2, 0) is 4.74 Å². The van der Waals surface area contributed by atoms with Gasteiger partial charge in [-0.1, -0.05) is 12.1 Å². The molecule has 1 aromatic rings. The summed E-state index contributed by atoms with van der Waals surface area (Å²) in [6, 6.07) is 7.37. The quantitative estimate of drug-likeness (QED) is 0.868. The van der Waals surface area contributed by atoms with E-state index in [9.17, 15) is 10.2 Å². The van der Waals surface area contributed by atoms with Gasteiger partial charge in [0.2, 0.25) is 0 Å². The van der Waals surface area contributed by atoms with Crippen LogP contribution < -0.4 is 0 Å². The predicted octanol–water partition coefficient (Wildman–Crippen LogP) is 1.66. The van der Waals surface area contributed by atoms with Crippen molar-refractivity contribution in [2.75, 3.05) is 27.2 Å². The standard InChI is InChI=1S/C17H21NO3/c1-18-9-12-7-16(20)17(21-2)8-14(12)15(10-18)11-3-5-13(19)6-4-11/h3-8,15-17,19-20H,9-10H2,1-2H3/t15-,16?,17?/m0/s1. The van der Waals surface area contributed by atoms with Gasteiger partial charge in [0.1, 0.15) is 18.0 Å². The summed E-state index contributed by atoms with van der Waals surface area (Å²) < 4.78 is 5.36. The van der Waals surface area contributed by atoms with Crippen LogP contribution in [0.2, 0.25) is 0 Å². The van der Waals surface area contributed by atoms with Gasteiger partial charge in [-0.2, -0.15) is 0 Å². The van der Waals surface area contributed by atoms with E-state index < -0.39 is 6.10 Å². The molecule has 3 atom stereocenters. The molecule has 2 aliphatic rings. The molecule has 0 saturated carbocycles. The lowest BCUT2D eigenvalue weighted by Crippen LogP contribution is -2.39. The van der Waals surface area contributed by atoms with Crippen molar-refractivity contribution >= 4 is 0 Å². The summed E-state index contributed by atoms with van der Waals surface area (Å²) in [5.74, 6) is 0.516. The Morgan fingerprint density at radius 1 is 1.19 bits per heavy atom. The molecule has 2 unspecified atom stereocenters. The number of ether oxygens (including phenoxy) is 1. The Kier molecular flexibility index (Phi) is 3.85. The van der Waals surface area contributed by atoms with Crippen LogP contribution in [-0.4, -0.2) is 54.6 Å². The van der Waals surface area contributed by atoms with Gasteiger partial charge < -0.3 is 19.8 Å². The summed E-state index contributed by atoms with van der Waals surface area (Å²) in [6.07, 6.45) is 3.09. The molecule has 1 saturated heterocycles. The SMILES string of the molecule is COC1C=C2C(=CC1O)CN(C)C[C@H]2c1ccc(O)cc1. The minimum absolute atomic E-state index is 0.237. The number of fused-ring (bicyclic) bond motifs is 1. The average Bonchev–Trinajstić information content (AvgIpc) is 2.46. The molecule has 1 aliphatic heterocycles. The Balaban J connectivity index is 1.99. The number of aromatic hydroxyl groups is 1. The number of aliphatic hydroxyl groups is 1. The second-order valence-electron chi connectivity index (χ2n) is 5.85. The van der Waals surface area contributed by atoms with E-state index in [0.29, 0.717) is 0 Å². The van der Waals surface area contributed by atoms with Crippen LogP contribution >= 0.6 is 0 Å². The zero-order chi connectivity index (χ0) is 15.0. The summed E-state index contributed by atoms with van der Waals surface area (Å²) in [5, 5.41) is 19.6. The maximum absolute atomic E-state index is 10.1. The van der Waals surface area contributed by atoms with E-state index in [1.54, 1.807) is 19.2 Å². The van der Waals surface area contributed by atoms with Crippen LogP contribution in [0.1, 0.15) is 11.5 Å². The van der Waals surface area contributed by atoms with Crippen molar-refractivity contribution in [2.45, 2.75) is 18.1 Å². The first-order valence-electron chi connectivity index (χ1n) is 7.19. The number of methoxy groups -OCH3 is 1. The number of phenolic OH excluding ortho intramolecular Hbond substituents is 1. The largest absolute Gasteiger partial charge is 0.508 e. The third kappa shape index (κ3) is 2.75. The van der Waals surface area contributed by atoms with Crippen LogP contribution in [0.25, 0.3) is 0 Å². The fourth-order valence-corrected chi connectivity index (χ4v) is 3.23. The molecule has 0 bridgehead atoms. The summed E-state index contributed by atoms with van der Waals surface area (Å²) in [5.41, 5.74) is 3.57. The molecule has 2 N–H and O–H groups in total. The van der Waals surface area contributed by atoms with Crippen LogP contribution in [0, 0.1) is 0 Å². The van der Waals surface area contributed by atoms with Gasteiger partial charge in [-0.25, -0.2) is 0 Å². The normalized spacial score (nSPS) is 29.6. The molecule has 0 spiro atoms. The van der Waals surface area contributed by atoms with E-state index in [1.807, 2.05) is 24.3 Å². The number of likely N-dealkylation sites (N-methyl/N-ethyl adjacent to an activating group) is 1. The van der Waals surface area contributed by atoms with Crippen molar-refractivity contribution in [3.8, 4) is 5.75 Å². The van der Waals surface area contributed by atoms with Crippen LogP contribution in [0.15, 0.2) is 47.6 Å². The number of likely N-dealkylation sites (tertiary alicyclic amines) is 1. The number of phenols is 1. The van der Waals surface area contributed by atoms with Gasteiger partial charge in [0, 0.05) is 26.1 Å². The highest BCUT2D eigenvalue weighted by molar-refractivity contribution is 5.48. The van der Waals surface area contributed by atoms with Gasteiger partial charge >= 0.3 is 0 Å². The van der Waals surface area contributed by atoms with E-state index in [0.717, 1.165) is 13.1 Å². The molecule has 1 fully saturated rings. The second-order valence-corrected chi connectivity index (χ2v) is 5.85. The molecule has 112 valence electrons. The third-order valence-electron chi connectivity index (χ3n) is 4.30. The Bertz CT molecular complexity index is 576. The molecule has 4 heteroatoms. The molecular weight excluding hydrogens is 266 g/mol. The molecule has 21 heavy (non-hydrogen) atoms. The fourth-order valence-electron chi connectivity index (χ4n) is 3.23. The van der Waals surface area contributed by atoms with Crippen molar-refractivity contribution in [3.05, 3.63) is 53.1 Å². The zero-order valence-corrected chi connectivity index (χ0v) is 12.4. The van der Waals surface area contributed by atoms with Crippen molar-refractivity contribution < 1.29 is 14.9 Å². The number of aliphatic hydroxyl groups excluding tert-OH is 1. The van der Waals surface area contributed by atoms with Crippen molar-refractivity contribution in [3.63, 3.8) is 0 Å². The lowest BCUT2D eigenvalue weighted by molar-refractivity contribution is 0.0392. The topological polar surface area (TPSA) is 52.9 Å². The molecule has 3 rings (SSSR count). The first-order chi connectivity index (χ1) is 10.1. The molecule has 0 aromatic heterocycles. The highest BCUT2D eigenvalue weighted by atomic mass is 16.5. The first kappa shape index (κ1) is 14.3. The Labute approximate surface area is 125 Å². The number of nitrogens with zero attached hydrogens (tertiary/aromatic N) is 1. The van der Waals surface area contributed by atoms with Gasteiger partial charge in [0.05, 0.1) is 0 Å². The Morgan fingerprint density at radius 2 is 1.90 bits per heavy atom. The number of hydrogen-bond acceptors (Lipinski definition) is 4. The molecule has 1 aliphatic carbocycles. The molecule has 0 radical (unpaired) electrons. The molecule has 1 aromatic carbocycles. The Hall–Kier alpha value is -1.62. The Morgan fingerprint density at radius 3 is 2.57 bits per heavy atom. The molecule has 1 heterocycles. The highest BCUT2D eigenvalue weighted by Crippen LogP contribution is 2.38. The molecule has 0 amide bonds. The summed E-state index contributed by atoms with van der Waals surface area (Å²) in [7, 11) is 3.70. The maximum atomic E-state index is 10.1. The molecule has 4 nitrogen and oxygen atoms in total. The lowest BCUT2D eigenvalue weighted by Gasteiger charge is -2.38. The summed E-state index contributed by atoms with van der Waals surface area (Å²) in [4.78, 5) is 2.25. The highest BCUT2D eigenvalue weighted by Gasteiger charge is 2.32. The fraction of sp³-hybridized carbons (Fsp3) is 0.412. The lowest BCUT2D eigenvalue weighted by atomic mass is 9.79. The van der Waals surface area contributed by atoms with E-state index >= 15 is 0 Å².